The van der Waals surface area contributed by atoms with Gasteiger partial charge in [0.25, 0.3) is 0 Å². The Kier molecular flexibility index (Phi) is 5.14. The van der Waals surface area contributed by atoms with Crippen molar-refractivity contribution in [3.63, 3.8) is 0 Å². The quantitative estimate of drug-likeness (QED) is 0.784. The summed E-state index contributed by atoms with van der Waals surface area (Å²) in [5.41, 5.74) is 1.33. The number of amides is 1. The molecule has 3 heterocycles. The lowest BCUT2D eigenvalue weighted by Crippen LogP contribution is -2.43. The molecule has 25 heavy (non-hydrogen) atoms. The van der Waals surface area contributed by atoms with Crippen LogP contribution < -0.4 is 4.90 Å². The number of H-pyrrole nitrogens is 1. The normalized spacial score (nSPS) is 21.0. The molecule has 2 aromatic rings. The molecule has 0 saturated carbocycles. The molecule has 9 heteroatoms. The summed E-state index contributed by atoms with van der Waals surface area (Å²) in [6.45, 7) is 1.83. The van der Waals surface area contributed by atoms with E-state index in [4.69, 9.17) is 4.74 Å². The third-order valence-electron chi connectivity index (χ3n) is 4.83. The van der Waals surface area contributed by atoms with Crippen LogP contribution in [0.25, 0.3) is 11.2 Å². The molecular formula is C16H25N7O2. The highest BCUT2D eigenvalue weighted by atomic mass is 16.5. The number of hydrogen-bond donors (Lipinski definition) is 1. The van der Waals surface area contributed by atoms with Crippen LogP contribution in [0.15, 0.2) is 12.7 Å². The number of rotatable bonds is 6. The van der Waals surface area contributed by atoms with Crippen LogP contribution in [0.2, 0.25) is 0 Å². The number of imidazole rings is 1. The van der Waals surface area contributed by atoms with Crippen molar-refractivity contribution >= 4 is 22.9 Å². The molecule has 0 aromatic carbocycles. The van der Waals surface area contributed by atoms with Crippen molar-refractivity contribution in [2.24, 2.45) is 0 Å². The highest BCUT2D eigenvalue weighted by molar-refractivity contribution is 5.86. The first-order chi connectivity index (χ1) is 12.0. The fraction of sp³-hybridized carbons (Fsp3) is 0.625. The SMILES string of the molecule is CO[C@H]1C[C@@H](CN(C)C(=O)CN(C)c2ncnc3nc[nH]c23)N(C)C1. The van der Waals surface area contributed by atoms with E-state index in [1.165, 1.54) is 6.33 Å². The van der Waals surface area contributed by atoms with Gasteiger partial charge in [-0.25, -0.2) is 15.0 Å². The topological polar surface area (TPSA) is 90.5 Å². The summed E-state index contributed by atoms with van der Waals surface area (Å²) in [6.07, 6.45) is 4.23. The van der Waals surface area contributed by atoms with Gasteiger partial charge in [-0.05, 0) is 13.5 Å². The van der Waals surface area contributed by atoms with E-state index in [0.717, 1.165) is 18.5 Å². The molecule has 1 saturated heterocycles. The number of nitrogens with zero attached hydrogens (tertiary/aromatic N) is 6. The van der Waals surface area contributed by atoms with Crippen molar-refractivity contribution in [1.82, 2.24) is 29.7 Å². The summed E-state index contributed by atoms with van der Waals surface area (Å²) < 4.78 is 5.43. The van der Waals surface area contributed by atoms with E-state index in [-0.39, 0.29) is 18.6 Å². The number of likely N-dealkylation sites (N-methyl/N-ethyl adjacent to an activating group) is 3. The van der Waals surface area contributed by atoms with Crippen LogP contribution in [0, 0.1) is 0 Å². The van der Waals surface area contributed by atoms with Crippen molar-refractivity contribution in [2.45, 2.75) is 18.6 Å². The average Bonchev–Trinajstić information content (AvgIpc) is 3.21. The van der Waals surface area contributed by atoms with Crippen molar-refractivity contribution < 1.29 is 9.53 Å². The lowest BCUT2D eigenvalue weighted by molar-refractivity contribution is -0.129. The molecule has 2 aromatic heterocycles. The zero-order valence-electron chi connectivity index (χ0n) is 15.1. The Morgan fingerprint density at radius 2 is 2.20 bits per heavy atom. The summed E-state index contributed by atoms with van der Waals surface area (Å²) in [6, 6.07) is 0.322. The molecule has 1 fully saturated rings. The van der Waals surface area contributed by atoms with Gasteiger partial charge < -0.3 is 19.5 Å². The number of aromatic amines is 1. The predicted molar refractivity (Wildman–Crippen MR) is 94.4 cm³/mol. The van der Waals surface area contributed by atoms with Gasteiger partial charge in [0.15, 0.2) is 11.5 Å². The monoisotopic (exact) mass is 347 g/mol. The number of fused-ring (bicyclic) bond motifs is 1. The van der Waals surface area contributed by atoms with Crippen LogP contribution >= 0.6 is 0 Å². The second-order valence-electron chi connectivity index (χ2n) is 6.62. The van der Waals surface area contributed by atoms with Gasteiger partial charge in [0.1, 0.15) is 11.8 Å². The van der Waals surface area contributed by atoms with Gasteiger partial charge in [-0.3, -0.25) is 9.69 Å². The molecule has 3 rings (SSSR count). The van der Waals surface area contributed by atoms with E-state index in [2.05, 4.69) is 31.9 Å². The summed E-state index contributed by atoms with van der Waals surface area (Å²) in [7, 11) is 7.50. The summed E-state index contributed by atoms with van der Waals surface area (Å²) in [4.78, 5) is 34.0. The maximum Gasteiger partial charge on any atom is 0.241 e. The Morgan fingerprint density at radius 1 is 1.40 bits per heavy atom. The van der Waals surface area contributed by atoms with Gasteiger partial charge in [-0.1, -0.05) is 0 Å². The highest BCUT2D eigenvalue weighted by Crippen LogP contribution is 2.20. The van der Waals surface area contributed by atoms with E-state index >= 15 is 0 Å². The number of anilines is 1. The maximum atomic E-state index is 12.6. The van der Waals surface area contributed by atoms with Gasteiger partial charge in [0, 0.05) is 40.3 Å². The molecule has 1 aliphatic rings. The van der Waals surface area contributed by atoms with Crippen LogP contribution in [-0.2, 0) is 9.53 Å². The predicted octanol–water partition coefficient (Wildman–Crippen LogP) is -0.0334. The minimum Gasteiger partial charge on any atom is -0.380 e. The molecule has 0 spiro atoms. The molecule has 0 bridgehead atoms. The van der Waals surface area contributed by atoms with Crippen LogP contribution in [-0.4, -0.2) is 95.7 Å². The molecule has 136 valence electrons. The average molecular weight is 347 g/mol. The standard InChI is InChI=1S/C16H25N7O2/c1-21-7-12(25-4)5-11(21)6-22(2)13(24)8-23(3)16-14-15(18-9-17-14)19-10-20-16/h9-12H,5-8H2,1-4H3,(H,17,18,19,20)/t11-,12-/m0/s1. The third-order valence-corrected chi connectivity index (χ3v) is 4.83. The van der Waals surface area contributed by atoms with Crippen LogP contribution in [0.4, 0.5) is 5.82 Å². The number of nitrogens with one attached hydrogen (secondary N) is 1. The number of carbonyl (C=O) groups is 1. The van der Waals surface area contributed by atoms with E-state index in [0.29, 0.717) is 24.1 Å². The number of carbonyl (C=O) groups excluding carboxylic acids is 1. The van der Waals surface area contributed by atoms with Gasteiger partial charge in [-0.2, -0.15) is 0 Å². The van der Waals surface area contributed by atoms with Gasteiger partial charge >= 0.3 is 0 Å². The highest BCUT2D eigenvalue weighted by Gasteiger charge is 2.31. The van der Waals surface area contributed by atoms with Crippen LogP contribution in [0.3, 0.4) is 0 Å². The van der Waals surface area contributed by atoms with Gasteiger partial charge in [0.2, 0.25) is 5.91 Å². The first kappa shape index (κ1) is 17.6. The molecule has 1 amide bonds. The second kappa shape index (κ2) is 7.32. The fourth-order valence-electron chi connectivity index (χ4n) is 3.27. The Labute approximate surface area is 147 Å². The van der Waals surface area contributed by atoms with E-state index in [1.54, 1.807) is 18.3 Å². The van der Waals surface area contributed by atoms with Crippen molar-refractivity contribution in [2.75, 3.05) is 52.8 Å². The zero-order chi connectivity index (χ0) is 18.0. The molecule has 2 atom stereocenters. The Morgan fingerprint density at radius 3 is 2.92 bits per heavy atom. The number of ether oxygens (including phenoxy) is 1. The van der Waals surface area contributed by atoms with Gasteiger partial charge in [-0.15, -0.1) is 0 Å². The minimum atomic E-state index is 0.0445. The Hall–Kier alpha value is -2.26. The first-order valence-corrected chi connectivity index (χ1v) is 8.31. The molecule has 0 radical (unpaired) electrons. The van der Waals surface area contributed by atoms with Crippen LogP contribution in [0.5, 0.6) is 0 Å². The zero-order valence-corrected chi connectivity index (χ0v) is 15.1. The van der Waals surface area contributed by atoms with Crippen molar-refractivity contribution in [3.05, 3.63) is 12.7 Å². The van der Waals surface area contributed by atoms with E-state index in [1.807, 2.05) is 19.0 Å². The molecule has 0 unspecified atom stereocenters. The molecular weight excluding hydrogens is 322 g/mol. The molecule has 0 aliphatic carbocycles. The Balaban J connectivity index is 1.60. The van der Waals surface area contributed by atoms with E-state index in [9.17, 15) is 4.79 Å². The number of methoxy groups -OCH3 is 1. The first-order valence-electron chi connectivity index (χ1n) is 8.31. The molecule has 1 aliphatic heterocycles. The molecule has 9 nitrogen and oxygen atoms in total. The van der Waals surface area contributed by atoms with E-state index < -0.39 is 0 Å². The number of aromatic nitrogens is 4. The maximum absolute atomic E-state index is 12.6. The fourth-order valence-corrected chi connectivity index (χ4v) is 3.27. The lowest BCUT2D eigenvalue weighted by atomic mass is 10.2. The Bertz CT molecular complexity index is 734. The van der Waals surface area contributed by atoms with Crippen molar-refractivity contribution in [1.29, 1.82) is 0 Å². The lowest BCUT2D eigenvalue weighted by Gasteiger charge is -2.27. The van der Waals surface area contributed by atoms with Crippen LogP contribution in [0.1, 0.15) is 6.42 Å². The minimum absolute atomic E-state index is 0.0445. The number of hydrogen-bond acceptors (Lipinski definition) is 7. The summed E-state index contributed by atoms with van der Waals surface area (Å²) in [5, 5.41) is 0. The van der Waals surface area contributed by atoms with Gasteiger partial charge in [0.05, 0.1) is 19.0 Å². The molecule has 1 N–H and O–H groups in total. The second-order valence-corrected chi connectivity index (χ2v) is 6.62. The third kappa shape index (κ3) is 3.72. The van der Waals surface area contributed by atoms with Crippen molar-refractivity contribution in [3.8, 4) is 0 Å². The summed E-state index contributed by atoms with van der Waals surface area (Å²) >= 11 is 0. The summed E-state index contributed by atoms with van der Waals surface area (Å²) in [5.74, 6) is 0.713. The smallest absolute Gasteiger partial charge is 0.241 e. The largest absolute Gasteiger partial charge is 0.380 e. The number of likely N-dealkylation sites (tertiary alicyclic amines) is 1.